The van der Waals surface area contributed by atoms with E-state index < -0.39 is 5.97 Å². The van der Waals surface area contributed by atoms with Crippen LogP contribution in [-0.4, -0.2) is 16.1 Å². The van der Waals surface area contributed by atoms with E-state index in [0.717, 1.165) is 0 Å². The third-order valence-corrected chi connectivity index (χ3v) is 3.40. The van der Waals surface area contributed by atoms with Crippen LogP contribution in [0.5, 0.6) is 0 Å². The van der Waals surface area contributed by atoms with Crippen LogP contribution in [-0.2, 0) is 0 Å². The van der Waals surface area contributed by atoms with Gasteiger partial charge in [-0.3, -0.25) is 0 Å². The number of hydrogen-bond acceptors (Lipinski definition) is 4. The normalized spacial score (nSPS) is 10.3. The van der Waals surface area contributed by atoms with Gasteiger partial charge in [0.1, 0.15) is 5.03 Å². The van der Waals surface area contributed by atoms with E-state index in [9.17, 15) is 4.79 Å². The Hall–Kier alpha value is -1.72. The minimum Gasteiger partial charge on any atom is -0.478 e. The van der Waals surface area contributed by atoms with Crippen LogP contribution < -0.4 is 5.73 Å². The van der Waals surface area contributed by atoms with Gasteiger partial charge in [-0.05, 0) is 30.3 Å². The highest BCUT2D eigenvalue weighted by atomic mass is 35.5. The molecule has 0 aliphatic heterocycles. The third-order valence-electron chi connectivity index (χ3n) is 2.15. The molecule has 0 saturated carbocycles. The summed E-state index contributed by atoms with van der Waals surface area (Å²) < 4.78 is 0. The molecular weight excluding hydrogens is 272 g/mol. The molecule has 0 unspecified atom stereocenters. The Morgan fingerprint density at radius 3 is 2.72 bits per heavy atom. The number of pyridine rings is 1. The number of aromatic nitrogens is 1. The highest BCUT2D eigenvalue weighted by Crippen LogP contribution is 2.30. The number of nitrogens with two attached hydrogens (primary N) is 1. The van der Waals surface area contributed by atoms with Crippen LogP contribution in [0, 0.1) is 0 Å². The zero-order valence-corrected chi connectivity index (χ0v) is 10.7. The molecule has 92 valence electrons. The molecule has 18 heavy (non-hydrogen) atoms. The predicted molar refractivity (Wildman–Crippen MR) is 71.2 cm³/mol. The monoisotopic (exact) mass is 280 g/mol. The van der Waals surface area contributed by atoms with Crippen molar-refractivity contribution in [3.05, 3.63) is 47.1 Å². The maximum atomic E-state index is 11.1. The fraction of sp³-hybridized carbons (Fsp3) is 0. The number of carboxylic acid groups (broad SMARTS) is 1. The fourth-order valence-corrected chi connectivity index (χ4v) is 2.31. The first kappa shape index (κ1) is 12.7. The molecule has 0 bridgehead atoms. The van der Waals surface area contributed by atoms with E-state index in [4.69, 9.17) is 22.4 Å². The quantitative estimate of drug-likeness (QED) is 0.845. The second kappa shape index (κ2) is 5.29. The SMILES string of the molecule is Nc1ccc(Sc2ccc(Cl)cn2)c(C(=O)O)c1. The van der Waals surface area contributed by atoms with Gasteiger partial charge in [-0.25, -0.2) is 9.78 Å². The van der Waals surface area contributed by atoms with Gasteiger partial charge in [0, 0.05) is 16.8 Å². The largest absolute Gasteiger partial charge is 0.478 e. The second-order valence-electron chi connectivity index (χ2n) is 3.48. The first-order chi connectivity index (χ1) is 8.56. The molecule has 0 atom stereocenters. The number of carbonyl (C=O) groups is 1. The molecule has 1 aromatic heterocycles. The fourth-order valence-electron chi connectivity index (χ4n) is 1.34. The summed E-state index contributed by atoms with van der Waals surface area (Å²) in [4.78, 5) is 15.8. The minimum atomic E-state index is -1.02. The standard InChI is InChI=1S/C12H9ClN2O2S/c13-7-1-4-11(15-6-7)18-10-3-2-8(14)5-9(10)12(16)17/h1-6H,14H2,(H,16,17). The third kappa shape index (κ3) is 2.94. The Morgan fingerprint density at radius 1 is 1.33 bits per heavy atom. The van der Waals surface area contributed by atoms with Gasteiger partial charge in [-0.1, -0.05) is 23.4 Å². The molecule has 0 aliphatic carbocycles. The number of nitrogen functional groups attached to an aromatic ring is 1. The summed E-state index contributed by atoms with van der Waals surface area (Å²) in [6.45, 7) is 0. The number of rotatable bonds is 3. The van der Waals surface area contributed by atoms with Crippen molar-refractivity contribution in [3.8, 4) is 0 Å². The average Bonchev–Trinajstić information content (AvgIpc) is 2.34. The summed E-state index contributed by atoms with van der Waals surface area (Å²) in [5.41, 5.74) is 6.15. The number of nitrogens with zero attached hydrogens (tertiary/aromatic N) is 1. The summed E-state index contributed by atoms with van der Waals surface area (Å²) in [6, 6.07) is 8.19. The topological polar surface area (TPSA) is 76.2 Å². The smallest absolute Gasteiger partial charge is 0.336 e. The molecule has 0 saturated heterocycles. The van der Waals surface area contributed by atoms with Gasteiger partial charge in [0.25, 0.3) is 0 Å². The first-order valence-corrected chi connectivity index (χ1v) is 6.18. The van der Waals surface area contributed by atoms with E-state index in [1.807, 2.05) is 0 Å². The van der Waals surface area contributed by atoms with Crippen molar-refractivity contribution >= 4 is 35.0 Å². The van der Waals surface area contributed by atoms with Crippen LogP contribution in [0.4, 0.5) is 5.69 Å². The van der Waals surface area contributed by atoms with Gasteiger partial charge < -0.3 is 10.8 Å². The molecule has 1 heterocycles. The molecule has 0 radical (unpaired) electrons. The molecule has 6 heteroatoms. The van der Waals surface area contributed by atoms with Crippen molar-refractivity contribution in [2.75, 3.05) is 5.73 Å². The number of aromatic carboxylic acids is 1. The van der Waals surface area contributed by atoms with Gasteiger partial charge in [0.05, 0.1) is 10.6 Å². The van der Waals surface area contributed by atoms with Gasteiger partial charge in [0.15, 0.2) is 0 Å². The molecule has 0 spiro atoms. The van der Waals surface area contributed by atoms with Gasteiger partial charge >= 0.3 is 5.97 Å². The van der Waals surface area contributed by atoms with E-state index in [1.54, 1.807) is 24.3 Å². The predicted octanol–water partition coefficient (Wildman–Crippen LogP) is 3.17. The van der Waals surface area contributed by atoms with E-state index in [1.165, 1.54) is 24.0 Å². The lowest BCUT2D eigenvalue weighted by Crippen LogP contribution is -2.00. The van der Waals surface area contributed by atoms with Crippen molar-refractivity contribution in [2.45, 2.75) is 9.92 Å². The molecule has 0 amide bonds. The minimum absolute atomic E-state index is 0.164. The maximum Gasteiger partial charge on any atom is 0.336 e. The van der Waals surface area contributed by atoms with Crippen LogP contribution in [0.3, 0.4) is 0 Å². The molecule has 0 aliphatic rings. The van der Waals surface area contributed by atoms with Crippen LogP contribution >= 0.6 is 23.4 Å². The van der Waals surface area contributed by atoms with Crippen LogP contribution in [0.1, 0.15) is 10.4 Å². The van der Waals surface area contributed by atoms with Gasteiger partial charge in [-0.15, -0.1) is 0 Å². The van der Waals surface area contributed by atoms with Gasteiger partial charge in [-0.2, -0.15) is 0 Å². The van der Waals surface area contributed by atoms with Crippen LogP contribution in [0.25, 0.3) is 0 Å². The summed E-state index contributed by atoms with van der Waals surface area (Å²) in [7, 11) is 0. The highest BCUT2D eigenvalue weighted by Gasteiger charge is 2.12. The molecule has 3 N–H and O–H groups in total. The molecule has 4 nitrogen and oxygen atoms in total. The first-order valence-electron chi connectivity index (χ1n) is 4.98. The van der Waals surface area contributed by atoms with Crippen LogP contribution in [0.15, 0.2) is 46.5 Å². The number of halogens is 1. The highest BCUT2D eigenvalue weighted by molar-refractivity contribution is 7.99. The van der Waals surface area contributed by atoms with E-state index in [2.05, 4.69) is 4.98 Å². The number of anilines is 1. The molecular formula is C12H9ClN2O2S. The lowest BCUT2D eigenvalue weighted by atomic mass is 10.2. The molecule has 2 rings (SSSR count). The summed E-state index contributed by atoms with van der Waals surface area (Å²) in [6.07, 6.45) is 1.52. The van der Waals surface area contributed by atoms with Gasteiger partial charge in [0.2, 0.25) is 0 Å². The van der Waals surface area contributed by atoms with E-state index in [-0.39, 0.29) is 5.56 Å². The van der Waals surface area contributed by atoms with Crippen LogP contribution in [0.2, 0.25) is 5.02 Å². The summed E-state index contributed by atoms with van der Waals surface area (Å²) in [5, 5.41) is 10.3. The second-order valence-corrected chi connectivity index (χ2v) is 4.98. The molecule has 1 aromatic carbocycles. The summed E-state index contributed by atoms with van der Waals surface area (Å²) in [5.74, 6) is -1.02. The zero-order valence-electron chi connectivity index (χ0n) is 9.13. The Labute approximate surface area is 113 Å². The Morgan fingerprint density at radius 2 is 2.11 bits per heavy atom. The van der Waals surface area contributed by atoms with Crippen molar-refractivity contribution in [2.24, 2.45) is 0 Å². The lowest BCUT2D eigenvalue weighted by molar-refractivity contribution is 0.0693. The van der Waals surface area contributed by atoms with Crippen molar-refractivity contribution in [1.29, 1.82) is 0 Å². The number of hydrogen-bond donors (Lipinski definition) is 2. The Balaban J connectivity index is 2.34. The van der Waals surface area contributed by atoms with Crippen molar-refractivity contribution in [1.82, 2.24) is 4.98 Å². The number of benzene rings is 1. The van der Waals surface area contributed by atoms with Crippen molar-refractivity contribution < 1.29 is 9.90 Å². The summed E-state index contributed by atoms with van der Waals surface area (Å²) >= 11 is 6.99. The Bertz CT molecular complexity index is 587. The number of carboxylic acids is 1. The van der Waals surface area contributed by atoms with E-state index >= 15 is 0 Å². The van der Waals surface area contributed by atoms with Crippen molar-refractivity contribution in [3.63, 3.8) is 0 Å². The average molecular weight is 281 g/mol. The van der Waals surface area contributed by atoms with E-state index in [0.29, 0.717) is 20.6 Å². The molecule has 2 aromatic rings. The molecule has 0 fully saturated rings. The maximum absolute atomic E-state index is 11.1. The Kier molecular flexibility index (Phi) is 3.74. The lowest BCUT2D eigenvalue weighted by Gasteiger charge is -2.06. The zero-order chi connectivity index (χ0) is 13.1.